The SMILES string of the molecule is COc1ccc(C(=O)NNC(=S)Nc2ccc(F)c(Cl)c2)cc1. The lowest BCUT2D eigenvalue weighted by Gasteiger charge is -2.12. The molecule has 1 amide bonds. The summed E-state index contributed by atoms with van der Waals surface area (Å²) in [5, 5.41) is 2.88. The van der Waals surface area contributed by atoms with Crippen LogP contribution >= 0.6 is 23.8 Å². The predicted molar refractivity (Wildman–Crippen MR) is 91.2 cm³/mol. The predicted octanol–water partition coefficient (Wildman–Crippen LogP) is 3.12. The van der Waals surface area contributed by atoms with Crippen LogP contribution in [0.1, 0.15) is 10.4 Å². The quantitative estimate of drug-likeness (QED) is 0.584. The second-order valence-corrected chi connectivity index (χ2v) is 5.21. The summed E-state index contributed by atoms with van der Waals surface area (Å²) in [5.41, 5.74) is 5.92. The normalized spacial score (nSPS) is 9.87. The van der Waals surface area contributed by atoms with Crippen LogP contribution in [0.3, 0.4) is 0 Å². The number of hydrogen-bond donors (Lipinski definition) is 3. The monoisotopic (exact) mass is 353 g/mol. The van der Waals surface area contributed by atoms with Gasteiger partial charge in [-0.1, -0.05) is 11.6 Å². The summed E-state index contributed by atoms with van der Waals surface area (Å²) in [6, 6.07) is 10.6. The van der Waals surface area contributed by atoms with Crippen molar-refractivity contribution in [2.24, 2.45) is 0 Å². The van der Waals surface area contributed by atoms with Gasteiger partial charge in [0.1, 0.15) is 11.6 Å². The van der Waals surface area contributed by atoms with Gasteiger partial charge in [-0.2, -0.15) is 0 Å². The Morgan fingerprint density at radius 3 is 2.48 bits per heavy atom. The van der Waals surface area contributed by atoms with E-state index in [1.807, 2.05) is 0 Å². The lowest BCUT2D eigenvalue weighted by molar-refractivity contribution is 0.0944. The van der Waals surface area contributed by atoms with E-state index in [1.54, 1.807) is 31.4 Å². The Bertz CT molecular complexity index is 725. The van der Waals surface area contributed by atoms with Crippen molar-refractivity contribution in [2.45, 2.75) is 0 Å². The Hall–Kier alpha value is -2.38. The van der Waals surface area contributed by atoms with E-state index in [2.05, 4.69) is 16.2 Å². The number of hydrogen-bond acceptors (Lipinski definition) is 3. The first-order valence-corrected chi connectivity index (χ1v) is 7.24. The fourth-order valence-corrected chi connectivity index (χ4v) is 2.01. The van der Waals surface area contributed by atoms with Crippen LogP contribution in [0.25, 0.3) is 0 Å². The molecule has 0 aliphatic carbocycles. The van der Waals surface area contributed by atoms with E-state index in [1.165, 1.54) is 18.2 Å². The number of amides is 1. The third-order valence-electron chi connectivity index (χ3n) is 2.82. The number of anilines is 1. The molecule has 0 bridgehead atoms. The van der Waals surface area contributed by atoms with Crippen molar-refractivity contribution in [3.05, 3.63) is 58.9 Å². The largest absolute Gasteiger partial charge is 0.497 e. The maximum Gasteiger partial charge on any atom is 0.269 e. The Morgan fingerprint density at radius 1 is 1.17 bits per heavy atom. The molecule has 0 aliphatic rings. The minimum Gasteiger partial charge on any atom is -0.497 e. The maximum absolute atomic E-state index is 13.1. The van der Waals surface area contributed by atoms with Gasteiger partial charge in [0.05, 0.1) is 12.1 Å². The average Bonchev–Trinajstić information content (AvgIpc) is 2.56. The number of nitrogens with one attached hydrogen (secondary N) is 3. The molecule has 0 saturated carbocycles. The molecule has 0 unspecified atom stereocenters. The molecule has 23 heavy (non-hydrogen) atoms. The summed E-state index contributed by atoms with van der Waals surface area (Å²) in [5.74, 6) is -0.238. The van der Waals surface area contributed by atoms with Crippen molar-refractivity contribution in [3.8, 4) is 5.75 Å². The van der Waals surface area contributed by atoms with Crippen LogP contribution < -0.4 is 20.9 Å². The first-order valence-electron chi connectivity index (χ1n) is 6.46. The highest BCUT2D eigenvalue weighted by Crippen LogP contribution is 2.19. The molecule has 0 radical (unpaired) electrons. The highest BCUT2D eigenvalue weighted by atomic mass is 35.5. The molecular weight excluding hydrogens is 341 g/mol. The second kappa shape index (κ2) is 7.75. The van der Waals surface area contributed by atoms with Crippen LogP contribution in [0.5, 0.6) is 5.75 Å². The molecule has 2 aromatic carbocycles. The number of benzene rings is 2. The Labute approximate surface area is 142 Å². The number of ether oxygens (including phenoxy) is 1. The van der Waals surface area contributed by atoms with Gasteiger partial charge in [-0.15, -0.1) is 0 Å². The zero-order valence-corrected chi connectivity index (χ0v) is 13.6. The standard InChI is InChI=1S/C15H13ClFN3O2S/c1-22-11-5-2-9(3-6-11)14(21)19-20-15(23)18-10-4-7-13(17)12(16)8-10/h2-8H,1H3,(H,19,21)(H2,18,20,23). The molecule has 2 rings (SSSR count). The van der Waals surface area contributed by atoms with Gasteiger partial charge in [0.2, 0.25) is 0 Å². The van der Waals surface area contributed by atoms with Gasteiger partial charge in [-0.3, -0.25) is 15.6 Å². The number of carbonyl (C=O) groups is 1. The summed E-state index contributed by atoms with van der Waals surface area (Å²) in [6.45, 7) is 0. The number of halogens is 2. The third kappa shape index (κ3) is 4.80. The van der Waals surface area contributed by atoms with E-state index in [9.17, 15) is 9.18 Å². The van der Waals surface area contributed by atoms with Crippen molar-refractivity contribution in [1.29, 1.82) is 0 Å². The molecule has 0 aliphatic heterocycles. The number of hydrazine groups is 1. The van der Waals surface area contributed by atoms with E-state index in [0.29, 0.717) is 17.0 Å². The zero-order valence-electron chi connectivity index (χ0n) is 12.0. The second-order valence-electron chi connectivity index (χ2n) is 4.39. The minimum absolute atomic E-state index is 0.0277. The molecular formula is C15H13ClFN3O2S. The van der Waals surface area contributed by atoms with E-state index in [4.69, 9.17) is 28.6 Å². The zero-order chi connectivity index (χ0) is 16.8. The Morgan fingerprint density at radius 2 is 1.87 bits per heavy atom. The minimum atomic E-state index is -0.524. The van der Waals surface area contributed by atoms with Crippen LogP contribution in [-0.4, -0.2) is 18.1 Å². The van der Waals surface area contributed by atoms with Crippen LogP contribution in [0, 0.1) is 5.82 Å². The Kier molecular flexibility index (Phi) is 5.72. The fraction of sp³-hybridized carbons (Fsp3) is 0.0667. The van der Waals surface area contributed by atoms with Crippen LogP contribution in [-0.2, 0) is 0 Å². The number of methoxy groups -OCH3 is 1. The molecule has 0 atom stereocenters. The Balaban J connectivity index is 1.87. The lowest BCUT2D eigenvalue weighted by atomic mass is 10.2. The van der Waals surface area contributed by atoms with Gasteiger partial charge in [-0.25, -0.2) is 4.39 Å². The van der Waals surface area contributed by atoms with Crippen LogP contribution in [0.2, 0.25) is 5.02 Å². The smallest absolute Gasteiger partial charge is 0.269 e. The fourth-order valence-electron chi connectivity index (χ4n) is 1.66. The van der Waals surface area contributed by atoms with Gasteiger partial charge in [-0.05, 0) is 54.7 Å². The third-order valence-corrected chi connectivity index (χ3v) is 3.31. The maximum atomic E-state index is 13.1. The molecule has 0 spiro atoms. The van der Waals surface area contributed by atoms with Crippen LogP contribution in [0.4, 0.5) is 10.1 Å². The van der Waals surface area contributed by atoms with Crippen molar-refractivity contribution >= 4 is 40.5 Å². The lowest BCUT2D eigenvalue weighted by Crippen LogP contribution is -2.43. The van der Waals surface area contributed by atoms with Crippen molar-refractivity contribution in [1.82, 2.24) is 10.9 Å². The number of carbonyl (C=O) groups excluding carboxylic acids is 1. The summed E-state index contributed by atoms with van der Waals surface area (Å²) in [6.07, 6.45) is 0. The summed E-state index contributed by atoms with van der Waals surface area (Å²) in [4.78, 5) is 11.9. The van der Waals surface area contributed by atoms with Gasteiger partial charge in [0.15, 0.2) is 5.11 Å². The highest BCUT2D eigenvalue weighted by Gasteiger charge is 2.07. The first kappa shape index (κ1) is 17.0. The van der Waals surface area contributed by atoms with Gasteiger partial charge >= 0.3 is 0 Å². The van der Waals surface area contributed by atoms with Crippen molar-refractivity contribution < 1.29 is 13.9 Å². The molecule has 0 heterocycles. The molecule has 0 aromatic heterocycles. The molecule has 5 nitrogen and oxygen atoms in total. The molecule has 120 valence electrons. The molecule has 3 N–H and O–H groups in total. The summed E-state index contributed by atoms with van der Waals surface area (Å²) >= 11 is 10.7. The summed E-state index contributed by atoms with van der Waals surface area (Å²) < 4.78 is 18.1. The average molecular weight is 354 g/mol. The van der Waals surface area contributed by atoms with E-state index in [-0.39, 0.29) is 16.0 Å². The van der Waals surface area contributed by atoms with Crippen molar-refractivity contribution in [3.63, 3.8) is 0 Å². The van der Waals surface area contributed by atoms with E-state index < -0.39 is 5.82 Å². The van der Waals surface area contributed by atoms with E-state index >= 15 is 0 Å². The van der Waals surface area contributed by atoms with E-state index in [0.717, 1.165) is 0 Å². The molecule has 2 aromatic rings. The number of thiocarbonyl (C=S) groups is 1. The van der Waals surface area contributed by atoms with Gasteiger partial charge < -0.3 is 10.1 Å². The molecule has 0 fully saturated rings. The van der Waals surface area contributed by atoms with Gasteiger partial charge in [0.25, 0.3) is 5.91 Å². The number of rotatable bonds is 3. The highest BCUT2D eigenvalue weighted by molar-refractivity contribution is 7.80. The van der Waals surface area contributed by atoms with Gasteiger partial charge in [0, 0.05) is 11.3 Å². The van der Waals surface area contributed by atoms with Crippen molar-refractivity contribution in [2.75, 3.05) is 12.4 Å². The van der Waals surface area contributed by atoms with Crippen LogP contribution in [0.15, 0.2) is 42.5 Å². The first-order chi connectivity index (χ1) is 11.0. The molecule has 8 heteroatoms. The topological polar surface area (TPSA) is 62.4 Å². The summed E-state index contributed by atoms with van der Waals surface area (Å²) in [7, 11) is 1.54. The molecule has 0 saturated heterocycles.